The summed E-state index contributed by atoms with van der Waals surface area (Å²) in [6.45, 7) is 0.539. The lowest BCUT2D eigenvalue weighted by molar-refractivity contribution is 0.0943. The predicted molar refractivity (Wildman–Crippen MR) is 71.6 cm³/mol. The highest BCUT2D eigenvalue weighted by molar-refractivity contribution is 5.97. The third-order valence-electron chi connectivity index (χ3n) is 3.78. The van der Waals surface area contributed by atoms with Crippen LogP contribution in [-0.2, 0) is 0 Å². The maximum absolute atomic E-state index is 13.5. The van der Waals surface area contributed by atoms with Crippen LogP contribution in [0, 0.1) is 11.7 Å². The van der Waals surface area contributed by atoms with E-state index < -0.39 is 11.7 Å². The molecule has 0 aromatic heterocycles. The van der Waals surface area contributed by atoms with Gasteiger partial charge >= 0.3 is 0 Å². The molecule has 0 atom stereocenters. The van der Waals surface area contributed by atoms with Gasteiger partial charge in [-0.2, -0.15) is 0 Å². The Morgan fingerprint density at radius 3 is 2.74 bits per heavy atom. The van der Waals surface area contributed by atoms with E-state index in [0.717, 1.165) is 6.42 Å². The molecule has 1 aromatic carbocycles. The van der Waals surface area contributed by atoms with Crippen LogP contribution >= 0.6 is 0 Å². The molecule has 0 bridgehead atoms. The Morgan fingerprint density at radius 2 is 2.05 bits per heavy atom. The molecule has 19 heavy (non-hydrogen) atoms. The van der Waals surface area contributed by atoms with Crippen molar-refractivity contribution in [2.75, 3.05) is 6.54 Å². The Bertz CT molecular complexity index is 422. The third-order valence-corrected chi connectivity index (χ3v) is 3.78. The number of hydrogen-bond acceptors (Lipinski definition) is 2. The fraction of sp³-hybridized carbons (Fsp3) is 0.533. The van der Waals surface area contributed by atoms with E-state index in [2.05, 4.69) is 5.32 Å². The summed E-state index contributed by atoms with van der Waals surface area (Å²) in [5, 5.41) is 12.2. The smallest absolute Gasteiger partial charge is 0.258 e. The first-order chi connectivity index (χ1) is 9.18. The quantitative estimate of drug-likeness (QED) is 0.878. The lowest BCUT2D eigenvalue weighted by Gasteiger charge is -2.21. The summed E-state index contributed by atoms with van der Waals surface area (Å²) in [6.07, 6.45) is 7.23. The molecule has 0 unspecified atom stereocenters. The van der Waals surface area contributed by atoms with Crippen molar-refractivity contribution in [3.8, 4) is 5.75 Å². The number of nitrogens with one attached hydrogen (secondary N) is 1. The van der Waals surface area contributed by atoms with Crippen molar-refractivity contribution in [2.45, 2.75) is 38.5 Å². The number of aromatic hydroxyl groups is 1. The number of halogens is 1. The van der Waals surface area contributed by atoms with Gasteiger partial charge in [-0.15, -0.1) is 0 Å². The molecular formula is C15H20FNO2. The number of amides is 1. The zero-order chi connectivity index (χ0) is 13.7. The minimum atomic E-state index is -0.685. The van der Waals surface area contributed by atoms with Crippen LogP contribution < -0.4 is 5.32 Å². The van der Waals surface area contributed by atoms with E-state index in [0.29, 0.717) is 12.5 Å². The Hall–Kier alpha value is -1.58. The van der Waals surface area contributed by atoms with Gasteiger partial charge in [0.15, 0.2) is 0 Å². The molecule has 2 N–H and O–H groups in total. The summed E-state index contributed by atoms with van der Waals surface area (Å²) in [5.41, 5.74) is -0.258. The van der Waals surface area contributed by atoms with Gasteiger partial charge in [-0.25, -0.2) is 4.39 Å². The average molecular weight is 265 g/mol. The van der Waals surface area contributed by atoms with Crippen LogP contribution in [0.15, 0.2) is 18.2 Å². The normalized spacial score (nSPS) is 16.3. The Balaban J connectivity index is 1.84. The maximum atomic E-state index is 13.5. The summed E-state index contributed by atoms with van der Waals surface area (Å²) in [7, 11) is 0. The molecule has 1 aliphatic carbocycles. The molecule has 1 fully saturated rings. The first-order valence-electron chi connectivity index (χ1n) is 6.94. The number of phenols is 1. The van der Waals surface area contributed by atoms with E-state index in [1.807, 2.05) is 0 Å². The lowest BCUT2D eigenvalue weighted by Crippen LogP contribution is -2.27. The summed E-state index contributed by atoms with van der Waals surface area (Å²) in [6, 6.07) is 3.87. The zero-order valence-electron chi connectivity index (χ0n) is 11.0. The Labute approximate surface area is 112 Å². The van der Waals surface area contributed by atoms with E-state index in [-0.39, 0.29) is 11.3 Å². The zero-order valence-corrected chi connectivity index (χ0v) is 11.0. The molecule has 2 rings (SSSR count). The predicted octanol–water partition coefficient (Wildman–Crippen LogP) is 3.23. The highest BCUT2D eigenvalue weighted by Gasteiger charge is 2.17. The van der Waals surface area contributed by atoms with Crippen LogP contribution in [0.4, 0.5) is 4.39 Å². The molecular weight excluding hydrogens is 245 g/mol. The molecule has 0 radical (unpaired) electrons. The van der Waals surface area contributed by atoms with Gasteiger partial charge in [0.2, 0.25) is 0 Å². The minimum Gasteiger partial charge on any atom is -0.507 e. The van der Waals surface area contributed by atoms with E-state index in [4.69, 9.17) is 0 Å². The number of carbonyl (C=O) groups excluding carboxylic acids is 1. The third kappa shape index (κ3) is 3.69. The van der Waals surface area contributed by atoms with Crippen molar-refractivity contribution in [1.29, 1.82) is 0 Å². The molecule has 1 aliphatic rings. The molecule has 104 valence electrons. The lowest BCUT2D eigenvalue weighted by atomic mass is 9.87. The molecule has 1 aromatic rings. The standard InChI is InChI=1S/C15H20FNO2/c16-12-7-4-8-13(18)14(12)15(19)17-10-9-11-5-2-1-3-6-11/h4,7-8,11,18H,1-3,5-6,9-10H2,(H,17,19). The maximum Gasteiger partial charge on any atom is 0.258 e. The number of phenolic OH excluding ortho intramolecular Hbond substituents is 1. The minimum absolute atomic E-state index is 0.258. The van der Waals surface area contributed by atoms with Gasteiger partial charge in [0.05, 0.1) is 0 Å². The van der Waals surface area contributed by atoms with Crippen molar-refractivity contribution in [1.82, 2.24) is 5.32 Å². The van der Waals surface area contributed by atoms with Crippen molar-refractivity contribution in [3.63, 3.8) is 0 Å². The van der Waals surface area contributed by atoms with Crippen LogP contribution in [-0.4, -0.2) is 17.6 Å². The van der Waals surface area contributed by atoms with Gasteiger partial charge < -0.3 is 10.4 Å². The highest BCUT2D eigenvalue weighted by Crippen LogP contribution is 2.26. The van der Waals surface area contributed by atoms with Gasteiger partial charge in [0.1, 0.15) is 17.1 Å². The van der Waals surface area contributed by atoms with Gasteiger partial charge in [0.25, 0.3) is 5.91 Å². The van der Waals surface area contributed by atoms with Crippen LogP contribution in [0.5, 0.6) is 5.75 Å². The number of rotatable bonds is 4. The number of carbonyl (C=O) groups is 1. The molecule has 0 saturated heterocycles. The van der Waals surface area contributed by atoms with Crippen molar-refractivity contribution in [3.05, 3.63) is 29.6 Å². The molecule has 1 saturated carbocycles. The second-order valence-electron chi connectivity index (χ2n) is 5.18. The SMILES string of the molecule is O=C(NCCC1CCCCC1)c1c(O)cccc1F. The molecule has 0 heterocycles. The van der Waals surface area contributed by atoms with Crippen LogP contribution in [0.25, 0.3) is 0 Å². The molecule has 0 aliphatic heterocycles. The van der Waals surface area contributed by atoms with E-state index in [1.165, 1.54) is 50.3 Å². The summed E-state index contributed by atoms with van der Waals surface area (Å²) in [5.74, 6) is -0.861. The fourth-order valence-corrected chi connectivity index (χ4v) is 2.69. The second-order valence-corrected chi connectivity index (χ2v) is 5.18. The number of hydrogen-bond donors (Lipinski definition) is 2. The average Bonchev–Trinajstić information content (AvgIpc) is 2.40. The summed E-state index contributed by atoms with van der Waals surface area (Å²) in [4.78, 5) is 11.8. The highest BCUT2D eigenvalue weighted by atomic mass is 19.1. The Kier molecular flexibility index (Phi) is 4.77. The molecule has 0 spiro atoms. The van der Waals surface area contributed by atoms with Crippen molar-refractivity contribution < 1.29 is 14.3 Å². The van der Waals surface area contributed by atoms with Gasteiger partial charge in [-0.05, 0) is 24.5 Å². The molecule has 1 amide bonds. The molecule has 3 nitrogen and oxygen atoms in total. The largest absolute Gasteiger partial charge is 0.507 e. The number of benzene rings is 1. The topological polar surface area (TPSA) is 49.3 Å². The van der Waals surface area contributed by atoms with Crippen LogP contribution in [0.2, 0.25) is 0 Å². The van der Waals surface area contributed by atoms with Gasteiger partial charge in [-0.3, -0.25) is 4.79 Å². The molecule has 4 heteroatoms. The van der Waals surface area contributed by atoms with E-state index in [9.17, 15) is 14.3 Å². The monoisotopic (exact) mass is 265 g/mol. The van der Waals surface area contributed by atoms with E-state index in [1.54, 1.807) is 0 Å². The van der Waals surface area contributed by atoms with Crippen LogP contribution in [0.1, 0.15) is 48.9 Å². The first kappa shape index (κ1) is 13.8. The fourth-order valence-electron chi connectivity index (χ4n) is 2.69. The van der Waals surface area contributed by atoms with E-state index >= 15 is 0 Å². The second kappa shape index (κ2) is 6.55. The van der Waals surface area contributed by atoms with Crippen molar-refractivity contribution in [2.24, 2.45) is 5.92 Å². The summed E-state index contributed by atoms with van der Waals surface area (Å²) < 4.78 is 13.5. The van der Waals surface area contributed by atoms with Gasteiger partial charge in [0, 0.05) is 6.54 Å². The van der Waals surface area contributed by atoms with Gasteiger partial charge in [-0.1, -0.05) is 38.2 Å². The first-order valence-corrected chi connectivity index (χ1v) is 6.94. The Morgan fingerprint density at radius 1 is 1.32 bits per heavy atom. The van der Waals surface area contributed by atoms with Crippen molar-refractivity contribution >= 4 is 5.91 Å². The van der Waals surface area contributed by atoms with Crippen LogP contribution in [0.3, 0.4) is 0 Å². The summed E-state index contributed by atoms with van der Waals surface area (Å²) >= 11 is 0.